The van der Waals surface area contributed by atoms with Gasteiger partial charge in [0, 0.05) is 18.0 Å². The highest BCUT2D eigenvalue weighted by molar-refractivity contribution is 6.30. The zero-order valence-corrected chi connectivity index (χ0v) is 15.1. The molecule has 0 fully saturated rings. The predicted molar refractivity (Wildman–Crippen MR) is 109 cm³/mol. The zero-order valence-electron chi connectivity index (χ0n) is 14.3. The molecule has 2 nitrogen and oxygen atoms in total. The maximum absolute atomic E-state index is 6.01. The van der Waals surface area contributed by atoms with Crippen molar-refractivity contribution in [2.24, 2.45) is 0 Å². The SMILES string of the molecule is Clc1ccc(Cc2nc3ccccc3n2C/C=C/c2ccccc2)cc1. The van der Waals surface area contributed by atoms with Gasteiger partial charge in [0.1, 0.15) is 5.82 Å². The Morgan fingerprint density at radius 2 is 1.58 bits per heavy atom. The van der Waals surface area contributed by atoms with E-state index in [1.165, 1.54) is 11.1 Å². The normalized spacial score (nSPS) is 11.4. The lowest BCUT2D eigenvalue weighted by Gasteiger charge is -2.07. The van der Waals surface area contributed by atoms with Crippen molar-refractivity contribution in [3.05, 3.63) is 107 Å². The Labute approximate surface area is 158 Å². The van der Waals surface area contributed by atoms with Crippen LogP contribution in [-0.4, -0.2) is 9.55 Å². The first-order valence-corrected chi connectivity index (χ1v) is 9.07. The molecule has 0 saturated heterocycles. The molecule has 4 rings (SSSR count). The molecule has 128 valence electrons. The number of imidazole rings is 1. The number of aromatic nitrogens is 2. The number of para-hydroxylation sites is 2. The molecule has 0 amide bonds. The fraction of sp³-hybridized carbons (Fsp3) is 0.0870. The molecule has 3 heteroatoms. The molecule has 26 heavy (non-hydrogen) atoms. The molecule has 1 heterocycles. The van der Waals surface area contributed by atoms with Gasteiger partial charge >= 0.3 is 0 Å². The van der Waals surface area contributed by atoms with E-state index >= 15 is 0 Å². The van der Waals surface area contributed by atoms with E-state index in [0.717, 1.165) is 34.8 Å². The van der Waals surface area contributed by atoms with Crippen LogP contribution in [0, 0.1) is 0 Å². The summed E-state index contributed by atoms with van der Waals surface area (Å²) in [4.78, 5) is 4.85. The highest BCUT2D eigenvalue weighted by Crippen LogP contribution is 2.20. The average Bonchev–Trinajstić information content (AvgIpc) is 3.02. The summed E-state index contributed by atoms with van der Waals surface area (Å²) in [7, 11) is 0. The van der Waals surface area contributed by atoms with Gasteiger partial charge in [0.25, 0.3) is 0 Å². The molecule has 0 aliphatic carbocycles. The summed E-state index contributed by atoms with van der Waals surface area (Å²) in [6, 6.07) is 26.6. The van der Waals surface area contributed by atoms with Crippen molar-refractivity contribution >= 4 is 28.7 Å². The number of nitrogens with zero attached hydrogens (tertiary/aromatic N) is 2. The van der Waals surface area contributed by atoms with E-state index in [9.17, 15) is 0 Å². The summed E-state index contributed by atoms with van der Waals surface area (Å²) in [5.41, 5.74) is 4.60. The van der Waals surface area contributed by atoms with Gasteiger partial charge in [0.2, 0.25) is 0 Å². The molecule has 0 N–H and O–H groups in total. The molecule has 0 spiro atoms. The average molecular weight is 359 g/mol. The molecule has 0 aliphatic heterocycles. The van der Waals surface area contributed by atoms with Crippen LogP contribution < -0.4 is 0 Å². The zero-order chi connectivity index (χ0) is 17.8. The van der Waals surface area contributed by atoms with Crippen LogP contribution in [0.4, 0.5) is 0 Å². The highest BCUT2D eigenvalue weighted by Gasteiger charge is 2.10. The largest absolute Gasteiger partial charge is 0.324 e. The number of hydrogen-bond donors (Lipinski definition) is 0. The topological polar surface area (TPSA) is 17.8 Å². The Morgan fingerprint density at radius 1 is 0.846 bits per heavy atom. The van der Waals surface area contributed by atoms with Gasteiger partial charge in [-0.15, -0.1) is 0 Å². The standard InChI is InChI=1S/C23H19ClN2/c24-20-14-12-19(13-15-20)17-23-25-21-10-4-5-11-22(21)26(23)16-6-9-18-7-2-1-3-8-18/h1-15H,16-17H2/b9-6+. The lowest BCUT2D eigenvalue weighted by atomic mass is 10.1. The Balaban J connectivity index is 1.65. The van der Waals surface area contributed by atoms with Crippen LogP contribution >= 0.6 is 11.6 Å². The second kappa shape index (κ2) is 7.59. The van der Waals surface area contributed by atoms with E-state index in [2.05, 4.69) is 71.3 Å². The second-order valence-corrected chi connectivity index (χ2v) is 6.68. The van der Waals surface area contributed by atoms with Gasteiger partial charge in [-0.05, 0) is 35.4 Å². The Kier molecular flexibility index (Phi) is 4.85. The molecule has 0 bridgehead atoms. The number of rotatable bonds is 5. The summed E-state index contributed by atoms with van der Waals surface area (Å²) in [6.07, 6.45) is 5.13. The number of benzene rings is 3. The predicted octanol–water partition coefficient (Wildman–Crippen LogP) is 5.99. The molecule has 1 aromatic heterocycles. The van der Waals surface area contributed by atoms with Crippen LogP contribution in [0.5, 0.6) is 0 Å². The van der Waals surface area contributed by atoms with Gasteiger partial charge in [-0.2, -0.15) is 0 Å². The fourth-order valence-corrected chi connectivity index (χ4v) is 3.23. The smallest absolute Gasteiger partial charge is 0.114 e. The number of allylic oxidation sites excluding steroid dienone is 1. The van der Waals surface area contributed by atoms with Gasteiger partial charge in [0.15, 0.2) is 0 Å². The summed E-state index contributed by atoms with van der Waals surface area (Å²) < 4.78 is 2.28. The van der Waals surface area contributed by atoms with E-state index in [4.69, 9.17) is 16.6 Å². The summed E-state index contributed by atoms with van der Waals surface area (Å²) in [5, 5.41) is 0.757. The van der Waals surface area contributed by atoms with Crippen LogP contribution in [0.15, 0.2) is 84.9 Å². The number of fused-ring (bicyclic) bond motifs is 1. The van der Waals surface area contributed by atoms with Crippen LogP contribution in [0.1, 0.15) is 17.0 Å². The summed E-state index contributed by atoms with van der Waals surface area (Å²) >= 11 is 6.01. The van der Waals surface area contributed by atoms with E-state index in [-0.39, 0.29) is 0 Å². The van der Waals surface area contributed by atoms with E-state index < -0.39 is 0 Å². The fourth-order valence-electron chi connectivity index (χ4n) is 3.11. The minimum Gasteiger partial charge on any atom is -0.324 e. The van der Waals surface area contributed by atoms with Crippen molar-refractivity contribution in [1.82, 2.24) is 9.55 Å². The molecule has 4 aromatic rings. The van der Waals surface area contributed by atoms with Crippen LogP contribution in [0.3, 0.4) is 0 Å². The maximum atomic E-state index is 6.01. The molecule has 3 aromatic carbocycles. The first kappa shape index (κ1) is 16.6. The minimum atomic E-state index is 0.757. The molecule has 0 saturated carbocycles. The molecular formula is C23H19ClN2. The maximum Gasteiger partial charge on any atom is 0.114 e. The van der Waals surface area contributed by atoms with Crippen molar-refractivity contribution in [3.8, 4) is 0 Å². The van der Waals surface area contributed by atoms with Crippen molar-refractivity contribution in [2.75, 3.05) is 0 Å². The Morgan fingerprint density at radius 3 is 2.38 bits per heavy atom. The monoisotopic (exact) mass is 358 g/mol. The minimum absolute atomic E-state index is 0.757. The van der Waals surface area contributed by atoms with Crippen molar-refractivity contribution in [3.63, 3.8) is 0 Å². The van der Waals surface area contributed by atoms with Gasteiger partial charge in [-0.25, -0.2) is 4.98 Å². The van der Waals surface area contributed by atoms with Crippen molar-refractivity contribution in [2.45, 2.75) is 13.0 Å². The molecular weight excluding hydrogens is 340 g/mol. The quantitative estimate of drug-likeness (QED) is 0.428. The highest BCUT2D eigenvalue weighted by atomic mass is 35.5. The lowest BCUT2D eigenvalue weighted by Crippen LogP contribution is -2.03. The Hall–Kier alpha value is -2.84. The summed E-state index contributed by atoms with van der Waals surface area (Å²) in [5.74, 6) is 1.06. The molecule has 0 radical (unpaired) electrons. The number of halogens is 1. The van der Waals surface area contributed by atoms with Gasteiger partial charge in [0.05, 0.1) is 11.0 Å². The van der Waals surface area contributed by atoms with Gasteiger partial charge in [-0.1, -0.05) is 78.4 Å². The number of hydrogen-bond acceptors (Lipinski definition) is 1. The lowest BCUT2D eigenvalue weighted by molar-refractivity contribution is 0.781. The second-order valence-electron chi connectivity index (χ2n) is 6.24. The van der Waals surface area contributed by atoms with Crippen LogP contribution in [0.2, 0.25) is 5.02 Å². The third-order valence-electron chi connectivity index (χ3n) is 4.41. The van der Waals surface area contributed by atoms with Crippen LogP contribution in [0.25, 0.3) is 17.1 Å². The Bertz CT molecular complexity index is 1030. The first-order valence-electron chi connectivity index (χ1n) is 8.70. The van der Waals surface area contributed by atoms with Crippen molar-refractivity contribution in [1.29, 1.82) is 0 Å². The van der Waals surface area contributed by atoms with Gasteiger partial charge < -0.3 is 4.57 Å². The summed E-state index contributed by atoms with van der Waals surface area (Å²) in [6.45, 7) is 0.790. The van der Waals surface area contributed by atoms with E-state index in [0.29, 0.717) is 0 Å². The molecule has 0 aliphatic rings. The third-order valence-corrected chi connectivity index (χ3v) is 4.66. The third kappa shape index (κ3) is 3.71. The molecule has 0 unspecified atom stereocenters. The first-order chi connectivity index (χ1) is 12.8. The molecule has 0 atom stereocenters. The van der Waals surface area contributed by atoms with E-state index in [1.54, 1.807) is 0 Å². The van der Waals surface area contributed by atoms with Crippen LogP contribution in [-0.2, 0) is 13.0 Å². The van der Waals surface area contributed by atoms with Gasteiger partial charge in [-0.3, -0.25) is 0 Å². The van der Waals surface area contributed by atoms with Crippen molar-refractivity contribution < 1.29 is 0 Å². The van der Waals surface area contributed by atoms with E-state index in [1.807, 2.05) is 24.3 Å².